The first-order chi connectivity index (χ1) is 12.0. The molecule has 0 aromatic heterocycles. The highest BCUT2D eigenvalue weighted by molar-refractivity contribution is 6.32. The summed E-state index contributed by atoms with van der Waals surface area (Å²) in [5.74, 6) is 1.00. The van der Waals surface area contributed by atoms with Gasteiger partial charge in [0, 0.05) is 18.7 Å². The second kappa shape index (κ2) is 9.15. The highest BCUT2D eigenvalue weighted by Crippen LogP contribution is 2.36. The summed E-state index contributed by atoms with van der Waals surface area (Å²) >= 11 is 6.24. The van der Waals surface area contributed by atoms with Gasteiger partial charge in [-0.15, -0.1) is 0 Å². The lowest BCUT2D eigenvalue weighted by Crippen LogP contribution is -2.20. The highest BCUT2D eigenvalue weighted by atomic mass is 35.5. The van der Waals surface area contributed by atoms with Crippen molar-refractivity contribution in [3.8, 4) is 17.2 Å². The van der Waals surface area contributed by atoms with Crippen LogP contribution in [0.1, 0.15) is 11.1 Å². The first-order valence-electron chi connectivity index (χ1n) is 7.65. The van der Waals surface area contributed by atoms with Crippen molar-refractivity contribution in [3.05, 3.63) is 52.5 Å². The Morgan fingerprint density at radius 3 is 2.52 bits per heavy atom. The van der Waals surface area contributed by atoms with Gasteiger partial charge in [0.1, 0.15) is 5.75 Å². The van der Waals surface area contributed by atoms with Crippen molar-refractivity contribution in [1.29, 1.82) is 0 Å². The van der Waals surface area contributed by atoms with E-state index in [9.17, 15) is 4.79 Å². The number of nitrogens with two attached hydrogens (primary N) is 1. The number of para-hydroxylation sites is 1. The first kappa shape index (κ1) is 18.9. The maximum Gasteiger partial charge on any atom is 0.255 e. The number of nitrogens with one attached hydrogen (secondary N) is 1. The van der Waals surface area contributed by atoms with E-state index in [1.165, 1.54) is 7.11 Å². The molecule has 0 unspecified atom stereocenters. The molecule has 1 amide bonds. The second-order valence-corrected chi connectivity index (χ2v) is 5.69. The zero-order valence-corrected chi connectivity index (χ0v) is 14.9. The van der Waals surface area contributed by atoms with Gasteiger partial charge in [-0.05, 0) is 23.8 Å². The summed E-state index contributed by atoms with van der Waals surface area (Å²) in [6.45, 7) is 0.954. The number of primary amides is 1. The summed E-state index contributed by atoms with van der Waals surface area (Å²) in [7, 11) is 3.16. The molecule has 3 N–H and O–H groups in total. The molecule has 2 rings (SSSR count). The Morgan fingerprint density at radius 2 is 1.84 bits per heavy atom. The van der Waals surface area contributed by atoms with E-state index in [2.05, 4.69) is 5.32 Å². The quantitative estimate of drug-likeness (QED) is 0.714. The third-order valence-electron chi connectivity index (χ3n) is 3.49. The Morgan fingerprint density at radius 1 is 1.12 bits per heavy atom. The van der Waals surface area contributed by atoms with Crippen molar-refractivity contribution in [2.45, 2.75) is 13.1 Å². The fourth-order valence-electron chi connectivity index (χ4n) is 2.35. The number of methoxy groups -OCH3 is 2. The van der Waals surface area contributed by atoms with Gasteiger partial charge in [-0.3, -0.25) is 4.79 Å². The van der Waals surface area contributed by atoms with Gasteiger partial charge >= 0.3 is 0 Å². The van der Waals surface area contributed by atoms with E-state index in [1.54, 1.807) is 19.2 Å². The topological polar surface area (TPSA) is 82.8 Å². The van der Waals surface area contributed by atoms with Crippen LogP contribution in [0.2, 0.25) is 5.02 Å². The largest absolute Gasteiger partial charge is 0.496 e. The van der Waals surface area contributed by atoms with Crippen LogP contribution in [-0.2, 0) is 17.9 Å². The number of ether oxygens (including phenoxy) is 3. The molecule has 0 bridgehead atoms. The molecule has 0 fully saturated rings. The normalized spacial score (nSPS) is 10.4. The number of carbonyl (C=O) groups excluding carboxylic acids is 1. The minimum Gasteiger partial charge on any atom is -0.496 e. The molecule has 0 radical (unpaired) electrons. The lowest BCUT2D eigenvalue weighted by Gasteiger charge is -2.14. The van der Waals surface area contributed by atoms with Crippen LogP contribution in [-0.4, -0.2) is 26.7 Å². The van der Waals surface area contributed by atoms with Crippen molar-refractivity contribution in [3.63, 3.8) is 0 Å². The minimum atomic E-state index is -0.583. The third-order valence-corrected chi connectivity index (χ3v) is 3.77. The number of hydrogen-bond donors (Lipinski definition) is 2. The zero-order chi connectivity index (χ0) is 18.2. The molecule has 0 aliphatic rings. The first-order valence-corrected chi connectivity index (χ1v) is 8.03. The summed E-state index contributed by atoms with van der Waals surface area (Å²) in [4.78, 5) is 10.9. The lowest BCUT2D eigenvalue weighted by atomic mass is 10.1. The van der Waals surface area contributed by atoms with Crippen molar-refractivity contribution < 1.29 is 19.0 Å². The predicted octanol–water partition coefficient (Wildman–Crippen LogP) is 2.51. The molecule has 2 aromatic carbocycles. The van der Waals surface area contributed by atoms with E-state index in [0.717, 1.165) is 16.9 Å². The van der Waals surface area contributed by atoms with Crippen LogP contribution >= 0.6 is 11.6 Å². The van der Waals surface area contributed by atoms with Crippen LogP contribution in [0.5, 0.6) is 17.2 Å². The summed E-state index contributed by atoms with van der Waals surface area (Å²) in [6.07, 6.45) is 0. The summed E-state index contributed by atoms with van der Waals surface area (Å²) in [5.41, 5.74) is 7.07. The Kier molecular flexibility index (Phi) is 6.91. The van der Waals surface area contributed by atoms with Crippen LogP contribution in [0.4, 0.5) is 0 Å². The predicted molar refractivity (Wildman–Crippen MR) is 96.2 cm³/mol. The minimum absolute atomic E-state index is 0.262. The van der Waals surface area contributed by atoms with Gasteiger partial charge < -0.3 is 25.3 Å². The standard InChI is InChI=1S/C18H21ClN2O4/c1-23-15-6-4-3-5-13(15)10-21-9-12-7-14(19)18(16(8-12)24-2)25-11-17(20)22/h3-8,21H,9-11H2,1-2H3,(H2,20,22). The molecular weight excluding hydrogens is 344 g/mol. The number of benzene rings is 2. The van der Waals surface area contributed by atoms with Crippen molar-refractivity contribution in [2.75, 3.05) is 20.8 Å². The molecule has 25 heavy (non-hydrogen) atoms. The summed E-state index contributed by atoms with van der Waals surface area (Å²) in [6, 6.07) is 11.4. The molecule has 7 heteroatoms. The molecule has 0 spiro atoms. The zero-order valence-electron chi connectivity index (χ0n) is 14.2. The van der Waals surface area contributed by atoms with E-state index in [1.807, 2.05) is 24.3 Å². The van der Waals surface area contributed by atoms with Gasteiger partial charge in [-0.2, -0.15) is 0 Å². The fourth-order valence-corrected chi connectivity index (χ4v) is 2.64. The van der Waals surface area contributed by atoms with Crippen LogP contribution < -0.4 is 25.3 Å². The van der Waals surface area contributed by atoms with Crippen molar-refractivity contribution in [1.82, 2.24) is 5.32 Å². The van der Waals surface area contributed by atoms with E-state index < -0.39 is 5.91 Å². The number of rotatable bonds is 9. The smallest absolute Gasteiger partial charge is 0.255 e. The van der Waals surface area contributed by atoms with Gasteiger partial charge in [-0.1, -0.05) is 29.8 Å². The van der Waals surface area contributed by atoms with Crippen molar-refractivity contribution in [2.24, 2.45) is 5.73 Å². The maximum absolute atomic E-state index is 10.9. The van der Waals surface area contributed by atoms with Crippen LogP contribution in [0.25, 0.3) is 0 Å². The highest BCUT2D eigenvalue weighted by Gasteiger charge is 2.13. The number of amides is 1. The SMILES string of the molecule is COc1ccccc1CNCc1cc(Cl)c(OCC(N)=O)c(OC)c1. The van der Waals surface area contributed by atoms with E-state index in [4.69, 9.17) is 31.5 Å². The van der Waals surface area contributed by atoms with Gasteiger partial charge in [0.2, 0.25) is 0 Å². The number of halogens is 1. The molecule has 6 nitrogen and oxygen atoms in total. The van der Waals surface area contributed by atoms with Crippen LogP contribution in [0.15, 0.2) is 36.4 Å². The fraction of sp³-hybridized carbons (Fsp3) is 0.278. The average molecular weight is 365 g/mol. The van der Waals surface area contributed by atoms with Gasteiger partial charge in [0.15, 0.2) is 18.1 Å². The molecule has 0 aliphatic carbocycles. The van der Waals surface area contributed by atoms with Gasteiger partial charge in [0.25, 0.3) is 5.91 Å². The van der Waals surface area contributed by atoms with Gasteiger partial charge in [0.05, 0.1) is 19.2 Å². The Labute approximate surface area is 151 Å². The second-order valence-electron chi connectivity index (χ2n) is 5.28. The van der Waals surface area contributed by atoms with E-state index >= 15 is 0 Å². The summed E-state index contributed by atoms with van der Waals surface area (Å²) < 4.78 is 15.9. The molecule has 134 valence electrons. The number of hydrogen-bond acceptors (Lipinski definition) is 5. The lowest BCUT2D eigenvalue weighted by molar-refractivity contribution is -0.119. The van der Waals surface area contributed by atoms with Crippen LogP contribution in [0.3, 0.4) is 0 Å². The third kappa shape index (κ3) is 5.27. The molecule has 0 aliphatic heterocycles. The van der Waals surface area contributed by atoms with Crippen LogP contribution in [0, 0.1) is 0 Å². The average Bonchev–Trinajstić information content (AvgIpc) is 2.60. The molecule has 0 saturated carbocycles. The Bertz CT molecular complexity index is 737. The maximum atomic E-state index is 10.9. The van der Waals surface area contributed by atoms with Gasteiger partial charge in [-0.25, -0.2) is 0 Å². The monoisotopic (exact) mass is 364 g/mol. The Hall–Kier alpha value is -2.44. The summed E-state index contributed by atoms with van der Waals surface area (Å²) in [5, 5.41) is 3.69. The Balaban J connectivity index is 2.04. The molecule has 0 saturated heterocycles. The molecule has 0 heterocycles. The van der Waals surface area contributed by atoms with Crippen molar-refractivity contribution >= 4 is 17.5 Å². The van der Waals surface area contributed by atoms with E-state index in [0.29, 0.717) is 29.6 Å². The molecular formula is C18H21ClN2O4. The molecule has 0 atom stereocenters. The number of carbonyl (C=O) groups is 1. The van der Waals surface area contributed by atoms with E-state index in [-0.39, 0.29) is 6.61 Å². The molecule has 2 aromatic rings.